The van der Waals surface area contributed by atoms with Crippen LogP contribution in [0, 0.1) is 0 Å². The van der Waals surface area contributed by atoms with Crippen molar-refractivity contribution in [2.45, 2.75) is 36.8 Å². The molecule has 0 unspecified atom stereocenters. The van der Waals surface area contributed by atoms with Crippen molar-refractivity contribution in [1.82, 2.24) is 5.32 Å². The van der Waals surface area contributed by atoms with Crippen LogP contribution in [0.5, 0.6) is 5.75 Å². The average molecular weight is 411 g/mol. The van der Waals surface area contributed by atoms with E-state index in [1.807, 2.05) is 24.3 Å². The number of carbonyl (C=O) groups is 1. The molecule has 1 spiro atoms. The maximum atomic E-state index is 12.0. The number of nitrogens with one attached hydrogen (secondary N) is 1. The minimum absolute atomic E-state index is 0.171. The van der Waals surface area contributed by atoms with Crippen molar-refractivity contribution in [3.05, 3.63) is 59.7 Å². The Balaban J connectivity index is 1.64. The van der Waals surface area contributed by atoms with Crippen molar-refractivity contribution in [3.8, 4) is 5.75 Å². The van der Waals surface area contributed by atoms with Gasteiger partial charge in [-0.15, -0.1) is 0 Å². The number of benzene rings is 2. The van der Waals surface area contributed by atoms with E-state index in [9.17, 15) is 4.79 Å². The van der Waals surface area contributed by atoms with E-state index in [1.165, 1.54) is 17.6 Å². The van der Waals surface area contributed by atoms with Gasteiger partial charge in [-0.2, -0.15) is 0 Å². The fourth-order valence-electron chi connectivity index (χ4n) is 4.90. The Hall–Kier alpha value is -2.57. The molecule has 3 atom stereocenters. The van der Waals surface area contributed by atoms with Crippen molar-refractivity contribution in [2.24, 2.45) is 0 Å². The monoisotopic (exact) mass is 410 g/mol. The Morgan fingerprint density at radius 1 is 1.20 bits per heavy atom. The van der Waals surface area contributed by atoms with Gasteiger partial charge in [-0.25, -0.2) is 4.79 Å². The number of carbonyl (C=O) groups excluding carboxylic acids is 1. The predicted octanol–water partition coefficient (Wildman–Crippen LogP) is 4.27. The zero-order chi connectivity index (χ0) is 21.1. The van der Waals surface area contributed by atoms with Gasteiger partial charge < -0.3 is 19.5 Å². The Bertz CT molecular complexity index is 888. The van der Waals surface area contributed by atoms with E-state index in [0.717, 1.165) is 42.8 Å². The van der Waals surface area contributed by atoms with E-state index < -0.39 is 6.09 Å². The van der Waals surface area contributed by atoms with Gasteiger partial charge >= 0.3 is 6.09 Å². The molecule has 2 heterocycles. The molecule has 0 radical (unpaired) electrons. The normalized spacial score (nSPS) is 25.8. The lowest BCUT2D eigenvalue weighted by molar-refractivity contribution is -0.0484. The van der Waals surface area contributed by atoms with Crippen LogP contribution >= 0.6 is 0 Å². The van der Waals surface area contributed by atoms with Crippen molar-refractivity contribution >= 4 is 11.8 Å². The molecule has 2 saturated heterocycles. The molecule has 6 nitrogen and oxygen atoms in total. The standard InChI is InChI=1S/C24H30N2O4/c1-26(23(27)29-3)19-10-11-21(28-2)20(14-19)18-15-24(30-16-18)12-7-13-25-22(24)17-8-5-4-6-9-17/h4-6,8-11,14,18,22,25H,7,12-13,15-16H2,1-3H3/t18-,22+,24-/m1/s1. The molecule has 6 heteroatoms. The van der Waals surface area contributed by atoms with Crippen molar-refractivity contribution < 1.29 is 19.0 Å². The molecule has 0 aliphatic carbocycles. The highest BCUT2D eigenvalue weighted by molar-refractivity contribution is 5.87. The van der Waals surface area contributed by atoms with Gasteiger partial charge in [0.2, 0.25) is 0 Å². The van der Waals surface area contributed by atoms with Crippen LogP contribution in [-0.4, -0.2) is 46.1 Å². The largest absolute Gasteiger partial charge is 0.496 e. The van der Waals surface area contributed by atoms with Crippen LogP contribution in [0.4, 0.5) is 10.5 Å². The van der Waals surface area contributed by atoms with Crippen LogP contribution in [0.25, 0.3) is 0 Å². The quantitative estimate of drug-likeness (QED) is 0.816. The van der Waals surface area contributed by atoms with Gasteiger partial charge in [0.15, 0.2) is 0 Å². The molecule has 1 N–H and O–H groups in total. The molecule has 2 fully saturated rings. The number of ether oxygens (including phenoxy) is 3. The van der Waals surface area contributed by atoms with Gasteiger partial charge in [0.05, 0.1) is 32.5 Å². The van der Waals surface area contributed by atoms with Gasteiger partial charge in [-0.05, 0) is 49.6 Å². The highest BCUT2D eigenvalue weighted by Crippen LogP contribution is 2.49. The van der Waals surface area contributed by atoms with E-state index in [2.05, 4.69) is 29.6 Å². The van der Waals surface area contributed by atoms with Crippen LogP contribution in [0.2, 0.25) is 0 Å². The molecule has 1 amide bonds. The first kappa shape index (κ1) is 20.7. The average Bonchev–Trinajstić information content (AvgIpc) is 3.22. The summed E-state index contributed by atoms with van der Waals surface area (Å²) in [5.41, 5.74) is 2.88. The first-order valence-corrected chi connectivity index (χ1v) is 10.5. The van der Waals surface area contributed by atoms with E-state index >= 15 is 0 Å². The van der Waals surface area contributed by atoms with Gasteiger partial charge in [-0.3, -0.25) is 4.90 Å². The number of rotatable bonds is 4. The van der Waals surface area contributed by atoms with Crippen molar-refractivity contribution in [1.29, 1.82) is 0 Å². The minimum Gasteiger partial charge on any atom is -0.496 e. The van der Waals surface area contributed by atoms with Crippen LogP contribution in [0.15, 0.2) is 48.5 Å². The second-order valence-corrected chi connectivity index (χ2v) is 8.13. The topological polar surface area (TPSA) is 60.0 Å². The third-order valence-electron chi connectivity index (χ3n) is 6.44. The molecule has 4 rings (SSSR count). The minimum atomic E-state index is -0.397. The summed E-state index contributed by atoms with van der Waals surface area (Å²) in [6, 6.07) is 16.6. The van der Waals surface area contributed by atoms with E-state index in [-0.39, 0.29) is 17.6 Å². The Labute approximate surface area is 178 Å². The first-order chi connectivity index (χ1) is 14.6. The highest BCUT2D eigenvalue weighted by Gasteiger charge is 2.49. The molecule has 0 bridgehead atoms. The fourth-order valence-corrected chi connectivity index (χ4v) is 4.90. The molecular weight excluding hydrogens is 380 g/mol. The lowest BCUT2D eigenvalue weighted by Crippen LogP contribution is -2.48. The molecule has 2 aliphatic rings. The van der Waals surface area contributed by atoms with Gasteiger partial charge in [0.1, 0.15) is 5.75 Å². The summed E-state index contributed by atoms with van der Waals surface area (Å²) >= 11 is 0. The van der Waals surface area contributed by atoms with E-state index in [1.54, 1.807) is 14.2 Å². The molecule has 2 aliphatic heterocycles. The predicted molar refractivity (Wildman–Crippen MR) is 116 cm³/mol. The summed E-state index contributed by atoms with van der Waals surface area (Å²) < 4.78 is 17.1. The number of methoxy groups -OCH3 is 2. The molecule has 2 aromatic rings. The second-order valence-electron chi connectivity index (χ2n) is 8.13. The number of piperidine rings is 1. The Kier molecular flexibility index (Phi) is 5.97. The molecular formula is C24H30N2O4. The zero-order valence-corrected chi connectivity index (χ0v) is 17.9. The highest BCUT2D eigenvalue weighted by atomic mass is 16.5. The van der Waals surface area contributed by atoms with Crippen molar-refractivity contribution in [2.75, 3.05) is 39.3 Å². The smallest absolute Gasteiger partial charge is 0.413 e. The number of anilines is 1. The fraction of sp³-hybridized carbons (Fsp3) is 0.458. The van der Waals surface area contributed by atoms with Crippen LogP contribution in [0.3, 0.4) is 0 Å². The van der Waals surface area contributed by atoms with Gasteiger partial charge in [0, 0.05) is 24.2 Å². The summed E-state index contributed by atoms with van der Waals surface area (Å²) in [4.78, 5) is 13.5. The number of hydrogen-bond donors (Lipinski definition) is 1. The summed E-state index contributed by atoms with van der Waals surface area (Å²) in [6.45, 7) is 1.63. The van der Waals surface area contributed by atoms with E-state index in [0.29, 0.717) is 6.61 Å². The summed E-state index contributed by atoms with van der Waals surface area (Å²) in [5.74, 6) is 1.01. The Morgan fingerprint density at radius 3 is 2.73 bits per heavy atom. The second kappa shape index (κ2) is 8.66. The third kappa shape index (κ3) is 3.77. The zero-order valence-electron chi connectivity index (χ0n) is 17.9. The molecule has 30 heavy (non-hydrogen) atoms. The first-order valence-electron chi connectivity index (χ1n) is 10.5. The van der Waals surface area contributed by atoms with Gasteiger partial charge in [0.25, 0.3) is 0 Å². The van der Waals surface area contributed by atoms with Crippen molar-refractivity contribution in [3.63, 3.8) is 0 Å². The van der Waals surface area contributed by atoms with Crippen LogP contribution < -0.4 is 15.0 Å². The summed E-state index contributed by atoms with van der Waals surface area (Å²) in [5, 5.41) is 3.70. The van der Waals surface area contributed by atoms with E-state index in [4.69, 9.17) is 14.2 Å². The van der Waals surface area contributed by atoms with Crippen LogP contribution in [0.1, 0.15) is 42.3 Å². The lowest BCUT2D eigenvalue weighted by Gasteiger charge is -2.41. The molecule has 2 aromatic carbocycles. The summed E-state index contributed by atoms with van der Waals surface area (Å²) in [7, 11) is 4.78. The number of hydrogen-bond acceptors (Lipinski definition) is 5. The van der Waals surface area contributed by atoms with Crippen LogP contribution in [-0.2, 0) is 9.47 Å². The maximum absolute atomic E-state index is 12.0. The molecule has 0 aromatic heterocycles. The number of nitrogens with zero attached hydrogens (tertiary/aromatic N) is 1. The number of amides is 1. The van der Waals surface area contributed by atoms with Gasteiger partial charge in [-0.1, -0.05) is 30.3 Å². The SMILES string of the molecule is COC(=O)N(C)c1ccc(OC)c([C@H]2CO[C@]3(CCCN[C@H]3c3ccccc3)C2)c1. The molecule has 160 valence electrons. The Morgan fingerprint density at radius 2 is 2.00 bits per heavy atom. The molecule has 0 saturated carbocycles. The third-order valence-corrected chi connectivity index (χ3v) is 6.44. The lowest BCUT2D eigenvalue weighted by atomic mass is 9.77. The maximum Gasteiger partial charge on any atom is 0.413 e. The summed E-state index contributed by atoms with van der Waals surface area (Å²) in [6.07, 6.45) is 2.63.